The van der Waals surface area contributed by atoms with Crippen LogP contribution in [-0.4, -0.2) is 36.8 Å². The molecule has 2 unspecified atom stereocenters. The average Bonchev–Trinajstić information content (AvgIpc) is 3.06. The summed E-state index contributed by atoms with van der Waals surface area (Å²) in [4.78, 5) is 19.8. The molecule has 2 aromatic heterocycles. The fourth-order valence-corrected chi connectivity index (χ4v) is 4.36. The summed E-state index contributed by atoms with van der Waals surface area (Å²) in [7, 11) is 0. The summed E-state index contributed by atoms with van der Waals surface area (Å²) in [6.45, 7) is 8.36. The van der Waals surface area contributed by atoms with Crippen LogP contribution < -0.4 is 10.9 Å². The molecule has 1 fully saturated rings. The van der Waals surface area contributed by atoms with Gasteiger partial charge in [-0.2, -0.15) is 21.8 Å². The summed E-state index contributed by atoms with van der Waals surface area (Å²) >= 11 is 1.98. The number of hydrogen-bond donors (Lipinski definition) is 2. The molecule has 1 aliphatic rings. The minimum atomic E-state index is -0.215. The van der Waals surface area contributed by atoms with Crippen LogP contribution in [0.2, 0.25) is 0 Å². The van der Waals surface area contributed by atoms with E-state index in [2.05, 4.69) is 48.1 Å². The highest BCUT2D eigenvalue weighted by Gasteiger charge is 2.28. The molecule has 6 nitrogen and oxygen atoms in total. The van der Waals surface area contributed by atoms with Crippen molar-refractivity contribution in [2.75, 3.05) is 11.1 Å². The van der Waals surface area contributed by atoms with E-state index in [0.29, 0.717) is 28.3 Å². The van der Waals surface area contributed by atoms with Crippen LogP contribution in [0.15, 0.2) is 11.0 Å². The van der Waals surface area contributed by atoms with Crippen molar-refractivity contribution < 1.29 is 0 Å². The lowest BCUT2D eigenvalue weighted by Crippen LogP contribution is -2.29. The van der Waals surface area contributed by atoms with Gasteiger partial charge in [-0.3, -0.25) is 9.78 Å². The number of H-pyrrole nitrogens is 1. The molecule has 2 atom stereocenters. The monoisotopic (exact) mass is 335 g/mol. The number of rotatable bonds is 4. The van der Waals surface area contributed by atoms with Gasteiger partial charge in [-0.15, -0.1) is 0 Å². The zero-order valence-electron chi connectivity index (χ0n) is 14.2. The van der Waals surface area contributed by atoms with Gasteiger partial charge in [0, 0.05) is 11.3 Å². The van der Waals surface area contributed by atoms with Crippen LogP contribution in [0.3, 0.4) is 0 Å². The Kier molecular flexibility index (Phi) is 4.40. The van der Waals surface area contributed by atoms with Crippen molar-refractivity contribution in [3.8, 4) is 0 Å². The van der Waals surface area contributed by atoms with Crippen molar-refractivity contribution in [3.05, 3.63) is 16.6 Å². The first-order valence-electron chi connectivity index (χ1n) is 8.27. The zero-order chi connectivity index (χ0) is 16.6. The van der Waals surface area contributed by atoms with Gasteiger partial charge in [0.1, 0.15) is 5.39 Å². The van der Waals surface area contributed by atoms with Crippen LogP contribution in [0, 0.1) is 0 Å². The number of nitrogens with one attached hydrogen (secondary N) is 2. The topological polar surface area (TPSA) is 75.6 Å². The summed E-state index contributed by atoms with van der Waals surface area (Å²) in [5, 5.41) is 8.93. The SMILES string of the molecule is CCSC1CCCC1Nc1nc2c(cnn2C(C)(C)C)c(=O)[nH]1. The quantitative estimate of drug-likeness (QED) is 0.898. The van der Waals surface area contributed by atoms with Crippen LogP contribution in [0.4, 0.5) is 5.95 Å². The van der Waals surface area contributed by atoms with Gasteiger partial charge >= 0.3 is 0 Å². The molecule has 126 valence electrons. The Labute approximate surface area is 140 Å². The molecule has 0 aromatic carbocycles. The molecule has 0 amide bonds. The van der Waals surface area contributed by atoms with Crippen molar-refractivity contribution in [1.29, 1.82) is 0 Å². The van der Waals surface area contributed by atoms with Crippen molar-refractivity contribution in [2.45, 2.75) is 63.8 Å². The van der Waals surface area contributed by atoms with Crippen LogP contribution in [-0.2, 0) is 5.54 Å². The summed E-state index contributed by atoms with van der Waals surface area (Å²) in [5.41, 5.74) is 0.292. The number of aromatic amines is 1. The first-order chi connectivity index (χ1) is 10.9. The van der Waals surface area contributed by atoms with E-state index in [1.165, 1.54) is 12.8 Å². The van der Waals surface area contributed by atoms with Gasteiger partial charge in [0.15, 0.2) is 5.65 Å². The minimum absolute atomic E-state index is 0.134. The maximum Gasteiger partial charge on any atom is 0.263 e. The highest BCUT2D eigenvalue weighted by Crippen LogP contribution is 2.31. The summed E-state index contributed by atoms with van der Waals surface area (Å²) in [5.74, 6) is 1.67. The predicted molar refractivity (Wildman–Crippen MR) is 96.3 cm³/mol. The predicted octanol–water partition coefficient (Wildman–Crippen LogP) is 2.96. The average molecular weight is 335 g/mol. The maximum absolute atomic E-state index is 12.3. The van der Waals surface area contributed by atoms with Gasteiger partial charge in [0.2, 0.25) is 5.95 Å². The van der Waals surface area contributed by atoms with Gasteiger partial charge < -0.3 is 5.32 Å². The third kappa shape index (κ3) is 3.24. The molecular formula is C16H25N5OS. The van der Waals surface area contributed by atoms with E-state index in [1.807, 2.05) is 16.4 Å². The van der Waals surface area contributed by atoms with Crippen LogP contribution in [0.25, 0.3) is 11.0 Å². The molecule has 0 radical (unpaired) electrons. The highest BCUT2D eigenvalue weighted by molar-refractivity contribution is 7.99. The molecule has 0 saturated heterocycles. The normalized spacial score (nSPS) is 21.9. The molecule has 0 bridgehead atoms. The number of hydrogen-bond acceptors (Lipinski definition) is 5. The Hall–Kier alpha value is -1.50. The third-order valence-electron chi connectivity index (χ3n) is 4.23. The maximum atomic E-state index is 12.3. The first-order valence-corrected chi connectivity index (χ1v) is 9.31. The Morgan fingerprint density at radius 2 is 2.22 bits per heavy atom. The van der Waals surface area contributed by atoms with Crippen molar-refractivity contribution in [1.82, 2.24) is 19.7 Å². The van der Waals surface area contributed by atoms with Crippen LogP contribution >= 0.6 is 11.8 Å². The number of aromatic nitrogens is 4. The van der Waals surface area contributed by atoms with Crippen molar-refractivity contribution >= 4 is 28.7 Å². The molecule has 2 aromatic rings. The van der Waals surface area contributed by atoms with E-state index >= 15 is 0 Å². The second kappa shape index (κ2) is 6.19. The van der Waals surface area contributed by atoms with E-state index in [1.54, 1.807) is 6.20 Å². The Balaban J connectivity index is 1.94. The first kappa shape index (κ1) is 16.4. The van der Waals surface area contributed by atoms with E-state index in [4.69, 9.17) is 0 Å². The number of thioether (sulfide) groups is 1. The minimum Gasteiger partial charge on any atom is -0.352 e. The number of fused-ring (bicyclic) bond motifs is 1. The van der Waals surface area contributed by atoms with Gasteiger partial charge in [-0.05, 0) is 39.4 Å². The molecule has 0 aliphatic heterocycles. The van der Waals surface area contributed by atoms with Crippen molar-refractivity contribution in [2.24, 2.45) is 0 Å². The second-order valence-corrected chi connectivity index (χ2v) is 8.57. The summed E-state index contributed by atoms with van der Waals surface area (Å²) < 4.78 is 1.82. The lowest BCUT2D eigenvalue weighted by molar-refractivity contribution is 0.366. The van der Waals surface area contributed by atoms with Gasteiger partial charge in [-0.1, -0.05) is 13.3 Å². The molecule has 0 spiro atoms. The molecule has 7 heteroatoms. The fraction of sp³-hybridized carbons (Fsp3) is 0.688. The third-order valence-corrected chi connectivity index (χ3v) is 5.55. The molecule has 1 aliphatic carbocycles. The van der Waals surface area contributed by atoms with Crippen LogP contribution in [0.1, 0.15) is 47.0 Å². The molecule has 2 N–H and O–H groups in total. The van der Waals surface area contributed by atoms with E-state index in [9.17, 15) is 4.79 Å². The second-order valence-electron chi connectivity index (χ2n) is 7.05. The van der Waals surface area contributed by atoms with E-state index < -0.39 is 0 Å². The molecule has 23 heavy (non-hydrogen) atoms. The van der Waals surface area contributed by atoms with E-state index in [0.717, 1.165) is 12.2 Å². The Morgan fingerprint density at radius 3 is 2.91 bits per heavy atom. The van der Waals surface area contributed by atoms with Gasteiger partial charge in [0.25, 0.3) is 5.56 Å². The zero-order valence-corrected chi connectivity index (χ0v) is 15.0. The molecule has 2 heterocycles. The Morgan fingerprint density at radius 1 is 1.43 bits per heavy atom. The number of anilines is 1. The van der Waals surface area contributed by atoms with Crippen LogP contribution in [0.5, 0.6) is 0 Å². The lowest BCUT2D eigenvalue weighted by atomic mass is 10.1. The Bertz CT molecular complexity index is 745. The summed E-state index contributed by atoms with van der Waals surface area (Å²) in [6.07, 6.45) is 5.17. The molecular weight excluding hydrogens is 310 g/mol. The van der Waals surface area contributed by atoms with Crippen molar-refractivity contribution in [3.63, 3.8) is 0 Å². The number of nitrogens with zero attached hydrogens (tertiary/aromatic N) is 3. The smallest absolute Gasteiger partial charge is 0.263 e. The fourth-order valence-electron chi connectivity index (χ4n) is 3.16. The molecule has 1 saturated carbocycles. The molecule has 3 rings (SSSR count). The van der Waals surface area contributed by atoms with E-state index in [-0.39, 0.29) is 11.1 Å². The largest absolute Gasteiger partial charge is 0.352 e. The lowest BCUT2D eigenvalue weighted by Gasteiger charge is -2.22. The van der Waals surface area contributed by atoms with Gasteiger partial charge in [0.05, 0.1) is 11.7 Å². The standard InChI is InChI=1S/C16H25N5OS/c1-5-23-12-8-6-7-11(12)18-15-19-13-10(14(22)20-15)9-17-21(13)16(2,3)4/h9,11-12H,5-8H2,1-4H3,(H2,18,19,20,22). The van der Waals surface area contributed by atoms with Gasteiger partial charge in [-0.25, -0.2) is 4.68 Å². The summed E-state index contributed by atoms with van der Waals surface area (Å²) in [6, 6.07) is 0.367. The highest BCUT2D eigenvalue weighted by atomic mass is 32.2.